The summed E-state index contributed by atoms with van der Waals surface area (Å²) in [4.78, 5) is 10.1. The van der Waals surface area contributed by atoms with E-state index in [9.17, 15) is 9.90 Å². The number of aliphatic hydroxyl groups excluding tert-OH is 1. The van der Waals surface area contributed by atoms with Crippen LogP contribution in [0.1, 0.15) is 33.6 Å². The van der Waals surface area contributed by atoms with Gasteiger partial charge in [-0.1, -0.05) is 33.3 Å². The molecule has 2 heteroatoms. The summed E-state index contributed by atoms with van der Waals surface area (Å²) in [6.45, 7) is 5.88. The zero-order chi connectivity index (χ0) is 9.61. The molecule has 0 saturated heterocycles. The van der Waals surface area contributed by atoms with Gasteiger partial charge in [-0.05, 0) is 12.5 Å². The van der Waals surface area contributed by atoms with E-state index in [1.54, 1.807) is 6.08 Å². The number of rotatable bonds is 5. The molecule has 0 bridgehead atoms. The molecule has 0 rings (SSSR count). The Bertz CT molecular complexity index is 159. The van der Waals surface area contributed by atoms with Gasteiger partial charge in [0.15, 0.2) is 0 Å². The lowest BCUT2D eigenvalue weighted by molar-refractivity contribution is -0.104. The van der Waals surface area contributed by atoms with Gasteiger partial charge in [-0.15, -0.1) is 0 Å². The van der Waals surface area contributed by atoms with Crippen LogP contribution in [-0.2, 0) is 4.79 Å². The van der Waals surface area contributed by atoms with E-state index in [0.717, 1.165) is 19.1 Å². The highest BCUT2D eigenvalue weighted by Gasteiger charge is 2.23. The van der Waals surface area contributed by atoms with E-state index in [4.69, 9.17) is 0 Å². The van der Waals surface area contributed by atoms with Gasteiger partial charge < -0.3 is 5.11 Å². The molecular weight excluding hydrogens is 152 g/mol. The quantitative estimate of drug-likeness (QED) is 0.505. The minimum absolute atomic E-state index is 0.295. The summed E-state index contributed by atoms with van der Waals surface area (Å²) in [5, 5.41) is 9.64. The number of aliphatic hydroxyl groups is 1. The summed E-state index contributed by atoms with van der Waals surface area (Å²) in [5.41, 5.74) is -0.295. The summed E-state index contributed by atoms with van der Waals surface area (Å²) in [5.74, 6) is 0. The first kappa shape index (κ1) is 11.4. The lowest BCUT2D eigenvalue weighted by Gasteiger charge is -2.26. The second kappa shape index (κ2) is 5.09. The number of hydrogen-bond acceptors (Lipinski definition) is 2. The maximum absolute atomic E-state index is 10.1. The van der Waals surface area contributed by atoms with Gasteiger partial charge in [-0.3, -0.25) is 4.79 Å². The Labute approximate surface area is 74.3 Å². The molecule has 70 valence electrons. The predicted molar refractivity (Wildman–Crippen MR) is 49.9 cm³/mol. The van der Waals surface area contributed by atoms with Crippen molar-refractivity contribution in [2.45, 2.75) is 39.7 Å². The fraction of sp³-hybridized carbons (Fsp3) is 0.700. The Morgan fingerprint density at radius 1 is 1.50 bits per heavy atom. The molecule has 0 fully saturated rings. The summed E-state index contributed by atoms with van der Waals surface area (Å²) in [6, 6.07) is 0. The van der Waals surface area contributed by atoms with Crippen LogP contribution in [0, 0.1) is 5.41 Å². The van der Waals surface area contributed by atoms with Crippen molar-refractivity contribution in [3.05, 3.63) is 12.2 Å². The van der Waals surface area contributed by atoms with Gasteiger partial charge in [-0.2, -0.15) is 0 Å². The molecule has 0 heterocycles. The van der Waals surface area contributed by atoms with Crippen molar-refractivity contribution < 1.29 is 9.90 Å². The summed E-state index contributed by atoms with van der Waals surface area (Å²) >= 11 is 0. The molecule has 1 unspecified atom stereocenters. The van der Waals surface area contributed by atoms with Gasteiger partial charge in [0.1, 0.15) is 6.29 Å². The lowest BCUT2D eigenvalue weighted by Crippen LogP contribution is -2.26. The first-order chi connectivity index (χ1) is 5.54. The molecule has 0 aliphatic carbocycles. The Balaban J connectivity index is 4.16. The Kier molecular flexibility index (Phi) is 4.83. The van der Waals surface area contributed by atoms with Crippen LogP contribution in [0.15, 0.2) is 12.2 Å². The smallest absolute Gasteiger partial charge is 0.142 e. The molecule has 0 saturated carbocycles. The van der Waals surface area contributed by atoms with Crippen LogP contribution in [0.4, 0.5) is 0 Å². The van der Waals surface area contributed by atoms with E-state index >= 15 is 0 Å². The molecule has 0 aromatic carbocycles. The van der Waals surface area contributed by atoms with E-state index < -0.39 is 0 Å². The molecule has 0 spiro atoms. The molecule has 0 aromatic heterocycles. The molecule has 1 atom stereocenters. The summed E-state index contributed by atoms with van der Waals surface area (Å²) in [6.07, 6.45) is 5.30. The SMILES string of the molecule is CCCC(O)C(C)(C)/C=C/C=O. The number of aldehydes is 1. The van der Waals surface area contributed by atoms with E-state index in [-0.39, 0.29) is 11.5 Å². The Morgan fingerprint density at radius 2 is 2.08 bits per heavy atom. The highest BCUT2D eigenvalue weighted by atomic mass is 16.3. The zero-order valence-electron chi connectivity index (χ0n) is 8.08. The van der Waals surface area contributed by atoms with Gasteiger partial charge in [0.05, 0.1) is 6.10 Å². The van der Waals surface area contributed by atoms with Gasteiger partial charge >= 0.3 is 0 Å². The molecule has 12 heavy (non-hydrogen) atoms. The number of allylic oxidation sites excluding steroid dienone is 1. The van der Waals surface area contributed by atoms with Gasteiger partial charge in [0, 0.05) is 5.41 Å². The molecule has 0 radical (unpaired) electrons. The van der Waals surface area contributed by atoms with Crippen LogP contribution in [0.25, 0.3) is 0 Å². The third-order valence-corrected chi connectivity index (χ3v) is 2.03. The third kappa shape index (κ3) is 3.67. The standard InChI is InChI=1S/C10H18O2/c1-4-6-9(12)10(2,3)7-5-8-11/h5,7-9,12H,4,6H2,1-3H3/b7-5+. The first-order valence-electron chi connectivity index (χ1n) is 4.35. The van der Waals surface area contributed by atoms with Crippen LogP contribution in [-0.4, -0.2) is 17.5 Å². The van der Waals surface area contributed by atoms with E-state index in [1.165, 1.54) is 6.08 Å². The first-order valence-corrected chi connectivity index (χ1v) is 4.35. The molecular formula is C10H18O2. The predicted octanol–water partition coefficient (Wildman–Crippen LogP) is 1.93. The van der Waals surface area contributed by atoms with Crippen LogP contribution in [0.3, 0.4) is 0 Å². The maximum atomic E-state index is 10.1. The molecule has 1 N–H and O–H groups in total. The van der Waals surface area contributed by atoms with Crippen molar-refractivity contribution in [2.24, 2.45) is 5.41 Å². The van der Waals surface area contributed by atoms with Crippen LogP contribution in [0.2, 0.25) is 0 Å². The average molecular weight is 170 g/mol. The topological polar surface area (TPSA) is 37.3 Å². The van der Waals surface area contributed by atoms with Crippen molar-refractivity contribution in [3.63, 3.8) is 0 Å². The van der Waals surface area contributed by atoms with Crippen molar-refractivity contribution in [2.75, 3.05) is 0 Å². The molecule has 2 nitrogen and oxygen atoms in total. The molecule has 0 aliphatic heterocycles. The van der Waals surface area contributed by atoms with E-state index in [0.29, 0.717) is 0 Å². The number of carbonyl (C=O) groups excluding carboxylic acids is 1. The van der Waals surface area contributed by atoms with Gasteiger partial charge in [0.2, 0.25) is 0 Å². The minimum Gasteiger partial charge on any atom is -0.392 e. The molecule has 0 aromatic rings. The summed E-state index contributed by atoms with van der Waals surface area (Å²) < 4.78 is 0. The highest BCUT2D eigenvalue weighted by Crippen LogP contribution is 2.25. The largest absolute Gasteiger partial charge is 0.392 e. The fourth-order valence-corrected chi connectivity index (χ4v) is 1.04. The minimum atomic E-state index is -0.362. The number of carbonyl (C=O) groups is 1. The Hall–Kier alpha value is -0.630. The fourth-order valence-electron chi connectivity index (χ4n) is 1.04. The molecule has 0 aliphatic rings. The number of hydrogen-bond donors (Lipinski definition) is 1. The second-order valence-electron chi connectivity index (χ2n) is 3.62. The maximum Gasteiger partial charge on any atom is 0.142 e. The third-order valence-electron chi connectivity index (χ3n) is 2.03. The van der Waals surface area contributed by atoms with Crippen LogP contribution >= 0.6 is 0 Å². The average Bonchev–Trinajstić information content (AvgIpc) is 2.01. The van der Waals surface area contributed by atoms with Crippen molar-refractivity contribution in [1.82, 2.24) is 0 Å². The lowest BCUT2D eigenvalue weighted by atomic mass is 9.84. The highest BCUT2D eigenvalue weighted by molar-refractivity contribution is 5.64. The van der Waals surface area contributed by atoms with Crippen LogP contribution in [0.5, 0.6) is 0 Å². The van der Waals surface area contributed by atoms with Crippen molar-refractivity contribution in [3.8, 4) is 0 Å². The van der Waals surface area contributed by atoms with Crippen molar-refractivity contribution in [1.29, 1.82) is 0 Å². The normalized spacial score (nSPS) is 15.0. The van der Waals surface area contributed by atoms with Crippen molar-refractivity contribution >= 4 is 6.29 Å². The summed E-state index contributed by atoms with van der Waals surface area (Å²) in [7, 11) is 0. The zero-order valence-corrected chi connectivity index (χ0v) is 8.08. The monoisotopic (exact) mass is 170 g/mol. The van der Waals surface area contributed by atoms with E-state index in [2.05, 4.69) is 0 Å². The van der Waals surface area contributed by atoms with E-state index in [1.807, 2.05) is 20.8 Å². The van der Waals surface area contributed by atoms with Gasteiger partial charge in [-0.25, -0.2) is 0 Å². The second-order valence-corrected chi connectivity index (χ2v) is 3.62. The van der Waals surface area contributed by atoms with Gasteiger partial charge in [0.25, 0.3) is 0 Å². The Morgan fingerprint density at radius 3 is 2.50 bits per heavy atom. The van der Waals surface area contributed by atoms with Crippen LogP contribution < -0.4 is 0 Å². The molecule has 0 amide bonds.